The number of fused-ring (bicyclic) bond motifs is 2. The van der Waals surface area contributed by atoms with Crippen molar-refractivity contribution in [3.63, 3.8) is 0 Å². The summed E-state index contributed by atoms with van der Waals surface area (Å²) in [5, 5.41) is 7.19. The fourth-order valence-corrected chi connectivity index (χ4v) is 5.13. The Bertz CT molecular complexity index is 469. The molecule has 0 aromatic heterocycles. The van der Waals surface area contributed by atoms with Gasteiger partial charge >= 0.3 is 0 Å². The molecule has 0 radical (unpaired) electrons. The number of ether oxygens (including phenoxy) is 2. The Balaban J connectivity index is 1.43. The van der Waals surface area contributed by atoms with Crippen molar-refractivity contribution in [3.05, 3.63) is 0 Å². The molecule has 2 aliphatic carbocycles. The van der Waals surface area contributed by atoms with Gasteiger partial charge in [-0.1, -0.05) is 6.42 Å². The molecule has 0 aromatic rings. The molecule has 0 amide bonds. The van der Waals surface area contributed by atoms with E-state index in [9.17, 15) is 0 Å². The van der Waals surface area contributed by atoms with E-state index < -0.39 is 0 Å². The highest BCUT2D eigenvalue weighted by molar-refractivity contribution is 5.80. The van der Waals surface area contributed by atoms with Crippen LogP contribution in [0.25, 0.3) is 0 Å². The van der Waals surface area contributed by atoms with Crippen LogP contribution in [0.1, 0.15) is 52.4 Å². The van der Waals surface area contributed by atoms with Gasteiger partial charge in [0.2, 0.25) is 0 Å². The molecule has 130 valence electrons. The number of hydrogen-bond donors (Lipinski definition) is 2. The first-order valence-electron chi connectivity index (χ1n) is 9.47. The van der Waals surface area contributed by atoms with Gasteiger partial charge in [0.1, 0.15) is 0 Å². The van der Waals surface area contributed by atoms with E-state index in [2.05, 4.69) is 24.5 Å². The normalized spacial score (nSPS) is 41.3. The number of rotatable bonds is 4. The van der Waals surface area contributed by atoms with Crippen molar-refractivity contribution in [2.45, 2.75) is 70.1 Å². The van der Waals surface area contributed by atoms with Gasteiger partial charge < -0.3 is 20.1 Å². The predicted octanol–water partition coefficient (Wildman–Crippen LogP) is 2.07. The topological polar surface area (TPSA) is 54.9 Å². The fourth-order valence-electron chi connectivity index (χ4n) is 5.13. The first kappa shape index (κ1) is 15.7. The Morgan fingerprint density at radius 3 is 2.74 bits per heavy atom. The lowest BCUT2D eigenvalue weighted by atomic mass is 9.46. The summed E-state index contributed by atoms with van der Waals surface area (Å²) >= 11 is 0. The first-order chi connectivity index (χ1) is 11.2. The molecule has 2 saturated carbocycles. The van der Waals surface area contributed by atoms with Gasteiger partial charge in [-0.15, -0.1) is 0 Å². The highest BCUT2D eigenvalue weighted by Gasteiger charge is 2.66. The van der Waals surface area contributed by atoms with Crippen molar-refractivity contribution in [2.24, 2.45) is 16.3 Å². The monoisotopic (exact) mass is 321 g/mol. The van der Waals surface area contributed by atoms with Crippen LogP contribution in [-0.4, -0.2) is 50.0 Å². The minimum Gasteiger partial charge on any atom is -0.377 e. The van der Waals surface area contributed by atoms with Crippen LogP contribution in [0.2, 0.25) is 0 Å². The predicted molar refractivity (Wildman–Crippen MR) is 90.6 cm³/mol. The summed E-state index contributed by atoms with van der Waals surface area (Å²) < 4.78 is 11.9. The molecule has 2 N–H and O–H groups in total. The molecule has 1 spiro atoms. The molecule has 2 saturated heterocycles. The molecular formula is C18H31N3O2. The molecule has 0 aromatic carbocycles. The van der Waals surface area contributed by atoms with Crippen molar-refractivity contribution in [3.8, 4) is 0 Å². The Morgan fingerprint density at radius 1 is 1.22 bits per heavy atom. The van der Waals surface area contributed by atoms with Crippen LogP contribution in [0, 0.1) is 11.3 Å². The lowest BCUT2D eigenvalue weighted by molar-refractivity contribution is -0.171. The molecule has 5 heteroatoms. The minimum absolute atomic E-state index is 0.0743. The summed E-state index contributed by atoms with van der Waals surface area (Å²) in [7, 11) is 0. The Kier molecular flexibility index (Phi) is 4.04. The van der Waals surface area contributed by atoms with Crippen molar-refractivity contribution >= 4 is 5.96 Å². The van der Waals surface area contributed by atoms with Crippen LogP contribution >= 0.6 is 0 Å². The molecule has 2 heterocycles. The lowest BCUT2D eigenvalue weighted by Gasteiger charge is -2.63. The van der Waals surface area contributed by atoms with E-state index in [0.29, 0.717) is 23.5 Å². The third kappa shape index (κ3) is 2.56. The second kappa shape index (κ2) is 5.92. The summed E-state index contributed by atoms with van der Waals surface area (Å²) in [5.41, 5.74) is 0.320. The number of nitrogens with zero attached hydrogens (tertiary/aromatic N) is 1. The molecule has 4 aliphatic rings. The van der Waals surface area contributed by atoms with Gasteiger partial charge in [0, 0.05) is 37.1 Å². The molecule has 2 aliphatic heterocycles. The first-order valence-corrected chi connectivity index (χ1v) is 9.47. The molecule has 4 atom stereocenters. The van der Waals surface area contributed by atoms with Gasteiger partial charge in [0.15, 0.2) is 5.96 Å². The van der Waals surface area contributed by atoms with Crippen molar-refractivity contribution < 1.29 is 9.47 Å². The standard InChI is InChI=1S/C18H31N3O2/c1-3-19-16(20-12-17(2)7-5-10-23-17)21-14-13-6-11-22-15(13)18(14)8-4-9-18/h13-15H,3-12H2,1-2H3,(H2,19,20,21). The van der Waals surface area contributed by atoms with Crippen LogP contribution in [0.3, 0.4) is 0 Å². The van der Waals surface area contributed by atoms with Crippen LogP contribution in [0.5, 0.6) is 0 Å². The maximum Gasteiger partial charge on any atom is 0.191 e. The molecule has 4 unspecified atom stereocenters. The van der Waals surface area contributed by atoms with Crippen LogP contribution < -0.4 is 10.6 Å². The molecule has 4 rings (SSSR count). The molecule has 5 nitrogen and oxygen atoms in total. The van der Waals surface area contributed by atoms with Crippen molar-refractivity contribution in [2.75, 3.05) is 26.3 Å². The SMILES string of the molecule is CCNC(=NCC1(C)CCCO1)NC1C2CCOC2C12CCC2. The summed E-state index contributed by atoms with van der Waals surface area (Å²) in [4.78, 5) is 4.86. The van der Waals surface area contributed by atoms with Crippen LogP contribution in [0.4, 0.5) is 0 Å². The van der Waals surface area contributed by atoms with E-state index in [4.69, 9.17) is 14.5 Å². The summed E-state index contributed by atoms with van der Waals surface area (Å²) in [6.07, 6.45) is 7.95. The summed E-state index contributed by atoms with van der Waals surface area (Å²) in [6.45, 7) is 7.77. The summed E-state index contributed by atoms with van der Waals surface area (Å²) in [5.74, 6) is 1.64. The van der Waals surface area contributed by atoms with Gasteiger partial charge in [-0.05, 0) is 46.0 Å². The number of aliphatic imine (C=N–C) groups is 1. The van der Waals surface area contributed by atoms with Crippen LogP contribution in [0.15, 0.2) is 4.99 Å². The highest BCUT2D eigenvalue weighted by atomic mass is 16.5. The van der Waals surface area contributed by atoms with E-state index in [1.165, 1.54) is 25.7 Å². The number of guanidine groups is 1. The van der Waals surface area contributed by atoms with Crippen molar-refractivity contribution in [1.29, 1.82) is 0 Å². The third-order valence-electron chi connectivity index (χ3n) is 6.54. The van der Waals surface area contributed by atoms with Gasteiger partial charge in [0.05, 0.1) is 18.2 Å². The van der Waals surface area contributed by atoms with Gasteiger partial charge in [-0.2, -0.15) is 0 Å². The maximum absolute atomic E-state index is 6.02. The molecule has 0 bridgehead atoms. The second-order valence-corrected chi connectivity index (χ2v) is 8.05. The smallest absolute Gasteiger partial charge is 0.191 e. The van der Waals surface area contributed by atoms with E-state index in [-0.39, 0.29) is 5.60 Å². The second-order valence-electron chi connectivity index (χ2n) is 8.05. The third-order valence-corrected chi connectivity index (χ3v) is 6.54. The van der Waals surface area contributed by atoms with Crippen molar-refractivity contribution in [1.82, 2.24) is 10.6 Å². The van der Waals surface area contributed by atoms with Gasteiger partial charge in [-0.3, -0.25) is 4.99 Å². The average molecular weight is 321 g/mol. The highest BCUT2D eigenvalue weighted by Crippen LogP contribution is 2.62. The molecule has 4 fully saturated rings. The van der Waals surface area contributed by atoms with E-state index in [0.717, 1.165) is 45.1 Å². The average Bonchev–Trinajstić information content (AvgIpc) is 3.09. The Hall–Kier alpha value is -0.810. The lowest BCUT2D eigenvalue weighted by Crippen LogP contribution is -2.72. The van der Waals surface area contributed by atoms with Crippen LogP contribution in [-0.2, 0) is 9.47 Å². The van der Waals surface area contributed by atoms with E-state index >= 15 is 0 Å². The zero-order valence-corrected chi connectivity index (χ0v) is 14.6. The Labute approximate surface area is 139 Å². The number of nitrogens with one attached hydrogen (secondary N) is 2. The fraction of sp³-hybridized carbons (Fsp3) is 0.944. The number of hydrogen-bond acceptors (Lipinski definition) is 3. The van der Waals surface area contributed by atoms with E-state index in [1.54, 1.807) is 0 Å². The molecule has 23 heavy (non-hydrogen) atoms. The zero-order valence-electron chi connectivity index (χ0n) is 14.6. The maximum atomic E-state index is 6.02. The quantitative estimate of drug-likeness (QED) is 0.615. The van der Waals surface area contributed by atoms with Gasteiger partial charge in [-0.25, -0.2) is 0 Å². The summed E-state index contributed by atoms with van der Waals surface area (Å²) in [6, 6.07) is 0.541. The minimum atomic E-state index is -0.0743. The molecular weight excluding hydrogens is 290 g/mol. The zero-order chi connectivity index (χ0) is 15.9. The van der Waals surface area contributed by atoms with Gasteiger partial charge in [0.25, 0.3) is 0 Å². The Morgan fingerprint density at radius 2 is 2.09 bits per heavy atom. The largest absolute Gasteiger partial charge is 0.377 e. The van der Waals surface area contributed by atoms with E-state index in [1.807, 2.05) is 0 Å².